The quantitative estimate of drug-likeness (QED) is 0.0186. The fraction of sp³-hybridized carbons (Fsp3) is 0.438. The SMILES string of the molecule is [2H]C([2H])(CN(C([2H])([2H])[2H])C([2H])([2H])[2H])c1c[nH]c2ccc(C[C@@]3([2H])COC(=O)N3)cc12.[2H]C([2H])(CN(C)C([2H])([2H])[2H])c1c[nH]c2ccc(C[C@@]3([2H])COC(=O)N3)cc12.[2H]C([2H])(CN(C)C)c1c[nH]c2ccc(C[C@@]3([2H])COC(=O)N3)cc12.[2H]C([2H])(Cc1c[nH]c2ccc(C[C@@]3([2H])COC(=O)N3)cc12)N(C)C.[2H]C([2H])([2H])N(C([2H])([2H])[2H])C([2H])([2H])Cc1c[nH]c2ccc(C[C@@]3([2H])COC(=O)N3)cc12.[2H]C([2H])([2H])N(C)C([2H])([2H])Cc1c[nH]c2ccc(C[C@@]3([2H])COC(=O)N3)cc12. The molecule has 6 amide bonds. The molecule has 12 N–H and O–H groups in total. The van der Waals surface area contributed by atoms with E-state index in [0.717, 1.165) is 70.3 Å². The highest BCUT2D eigenvalue weighted by atomic mass is 16.6. The van der Waals surface area contributed by atoms with Crippen LogP contribution in [0.2, 0.25) is 0 Å². The molecule has 0 radical (unpaired) electrons. The first-order valence-electron chi connectivity index (χ1n) is 58.0. The molecular formula is C96H126N18O12. The molecule has 30 heteroatoms. The van der Waals surface area contributed by atoms with Gasteiger partial charge in [0.2, 0.25) is 0 Å². The zero-order chi connectivity index (χ0) is 120. The summed E-state index contributed by atoms with van der Waals surface area (Å²) < 4.78 is 312. The summed E-state index contributed by atoms with van der Waals surface area (Å²) in [6.07, 6.45) is 1.17. The van der Waals surface area contributed by atoms with Gasteiger partial charge in [0, 0.05) is 183 Å². The number of carbonyl (C=O) groups excluding carboxylic acids is 6. The van der Waals surface area contributed by atoms with Crippen molar-refractivity contribution in [1.82, 2.24) is 91.2 Å². The Balaban J connectivity index is 0.000000160. The van der Waals surface area contributed by atoms with Crippen LogP contribution in [0.3, 0.4) is 0 Å². The molecular weight excluding hydrogens is 1600 g/mol. The van der Waals surface area contributed by atoms with Crippen LogP contribution in [0, 0.1) is 0 Å². The summed E-state index contributed by atoms with van der Waals surface area (Å²) in [5, 5.41) is 18.9. The number of cyclic esters (lactones) is 6. The largest absolute Gasteiger partial charge is 0.447 e. The Labute approximate surface area is 787 Å². The predicted octanol–water partition coefficient (Wildman–Crippen LogP) is 11.5. The van der Waals surface area contributed by atoms with Crippen LogP contribution in [-0.2, 0) is 105 Å². The van der Waals surface area contributed by atoms with Crippen LogP contribution in [0.4, 0.5) is 28.8 Å². The average Bonchev–Trinajstić information content (AvgIpc) is 1.45. The van der Waals surface area contributed by atoms with Crippen molar-refractivity contribution in [3.8, 4) is 0 Å². The molecule has 6 aliphatic heterocycles. The lowest BCUT2D eigenvalue weighted by atomic mass is 10.0. The van der Waals surface area contributed by atoms with Crippen molar-refractivity contribution in [3.63, 3.8) is 0 Å². The van der Waals surface area contributed by atoms with Crippen molar-refractivity contribution in [2.45, 2.75) is 113 Å². The van der Waals surface area contributed by atoms with Crippen molar-refractivity contribution in [3.05, 3.63) is 213 Å². The molecule has 6 fully saturated rings. The molecule has 6 saturated heterocycles. The Bertz CT molecular complexity index is 7360. The van der Waals surface area contributed by atoms with Gasteiger partial charge in [-0.05, 0) is 301 Å². The van der Waals surface area contributed by atoms with Crippen LogP contribution in [0.25, 0.3) is 65.4 Å². The van der Waals surface area contributed by atoms with Crippen LogP contribution in [0.1, 0.15) is 116 Å². The summed E-state index contributed by atoms with van der Waals surface area (Å²) in [6.45, 7) is -24.7. The third-order valence-corrected chi connectivity index (χ3v) is 20.2. The summed E-state index contributed by atoms with van der Waals surface area (Å²) in [5.41, 5.74) is 12.0. The average molecular weight is 1760 g/mol. The van der Waals surface area contributed by atoms with E-state index in [4.69, 9.17) is 77.8 Å². The zero-order valence-corrected chi connectivity index (χ0v) is 70.2. The predicted molar refractivity (Wildman–Crippen MR) is 495 cm³/mol. The third-order valence-electron chi connectivity index (χ3n) is 20.2. The Kier molecular flexibility index (Phi) is 19.2. The van der Waals surface area contributed by atoms with Gasteiger partial charge in [0.05, 0.1) is 44.3 Å². The van der Waals surface area contributed by atoms with E-state index in [-0.39, 0.29) is 107 Å². The molecule has 126 heavy (non-hydrogen) atoms. The van der Waals surface area contributed by atoms with Crippen LogP contribution in [0.15, 0.2) is 146 Å². The fourth-order valence-corrected chi connectivity index (χ4v) is 14.2. The van der Waals surface area contributed by atoms with E-state index in [1.165, 1.54) is 26.5 Å². The van der Waals surface area contributed by atoms with E-state index in [0.29, 0.717) is 78.9 Å². The lowest BCUT2D eigenvalue weighted by molar-refractivity contribution is 0.176. The van der Waals surface area contributed by atoms with Crippen molar-refractivity contribution in [2.75, 3.05) is 163 Å². The van der Waals surface area contributed by atoms with Crippen molar-refractivity contribution in [1.29, 1.82) is 0 Å². The first kappa shape index (κ1) is 55.4. The summed E-state index contributed by atoms with van der Waals surface area (Å²) >= 11 is 0. The molecule has 0 saturated carbocycles. The number of carbonyl (C=O) groups is 6. The van der Waals surface area contributed by atoms with Crippen molar-refractivity contribution < 1.29 is 107 Å². The normalized spacial score (nSPS) is 27.2. The number of hydrogen-bond donors (Lipinski definition) is 12. The summed E-state index contributed by atoms with van der Waals surface area (Å²) in [6, 6.07) is 24.9. The van der Waals surface area contributed by atoms with Crippen LogP contribution >= 0.6 is 0 Å². The smallest absolute Gasteiger partial charge is 0.407 e. The van der Waals surface area contributed by atoms with Gasteiger partial charge in [0.1, 0.15) is 39.6 Å². The number of likely N-dealkylation sites (N-methyl/N-ethyl adjacent to an activating group) is 6. The van der Waals surface area contributed by atoms with E-state index in [1.54, 1.807) is 92.2 Å². The molecule has 30 nitrogen and oxygen atoms in total. The summed E-state index contributed by atoms with van der Waals surface area (Å²) in [5.74, 6) is 0. The Morgan fingerprint density at radius 3 is 0.722 bits per heavy atom. The van der Waals surface area contributed by atoms with E-state index < -0.39 is 166 Å². The number of aromatic amines is 6. The number of amides is 6. The van der Waals surface area contributed by atoms with Crippen LogP contribution in [-0.4, -0.2) is 295 Å². The number of H-pyrrole nitrogens is 6. The number of aryl methyl sites for hydroxylation is 3. The van der Waals surface area contributed by atoms with Gasteiger partial charge in [-0.15, -0.1) is 0 Å². The number of benzene rings is 6. The van der Waals surface area contributed by atoms with Gasteiger partial charge in [-0.2, -0.15) is 0 Å². The van der Waals surface area contributed by atoms with Crippen molar-refractivity contribution >= 4 is 102 Å². The van der Waals surface area contributed by atoms with E-state index >= 15 is 0 Å². The molecule has 6 atom stereocenters. The van der Waals surface area contributed by atoms with E-state index in [2.05, 4.69) is 61.8 Å². The number of nitrogens with zero attached hydrogens (tertiary/aromatic N) is 6. The molecule has 18 rings (SSSR count). The highest BCUT2D eigenvalue weighted by Crippen LogP contribution is 2.29. The van der Waals surface area contributed by atoms with Gasteiger partial charge in [0.15, 0.2) is 0 Å². The maximum absolute atomic E-state index is 11.3. The number of alkyl carbamates (subject to hydrolysis) is 6. The minimum absolute atomic E-state index is 0.00528. The highest BCUT2D eigenvalue weighted by Gasteiger charge is 2.29. The summed E-state index contributed by atoms with van der Waals surface area (Å²) in [7, 11) is 9.70. The highest BCUT2D eigenvalue weighted by molar-refractivity contribution is 5.88. The van der Waals surface area contributed by atoms with E-state index in [1.807, 2.05) is 79.8 Å². The number of fused-ring (bicyclic) bond motifs is 6. The molecule has 6 aromatic carbocycles. The minimum Gasteiger partial charge on any atom is -0.447 e. The number of hydrogen-bond acceptors (Lipinski definition) is 18. The van der Waals surface area contributed by atoms with E-state index in [9.17, 15) is 28.8 Å². The van der Waals surface area contributed by atoms with Gasteiger partial charge < -0.3 is 120 Å². The first-order chi connectivity index (χ1) is 74.4. The Hall–Kier alpha value is -12.1. The molecule has 12 aromatic rings. The molecule has 0 spiro atoms. The topological polar surface area (TPSA) is 344 Å². The monoisotopic (exact) mass is 1760 g/mol. The van der Waals surface area contributed by atoms with Crippen LogP contribution in [0.5, 0.6) is 0 Å². The number of aromatic nitrogens is 6. The maximum atomic E-state index is 11.3. The van der Waals surface area contributed by atoms with Gasteiger partial charge in [-0.1, -0.05) is 36.4 Å². The molecule has 6 aromatic heterocycles. The molecule has 672 valence electrons. The summed E-state index contributed by atoms with van der Waals surface area (Å²) in [4.78, 5) is 90.8. The second-order valence-corrected chi connectivity index (χ2v) is 30.7. The third kappa shape index (κ3) is 26.5. The minimum atomic E-state index is -3.16. The maximum Gasteiger partial charge on any atom is 0.407 e. The molecule has 0 unspecified atom stereocenters. The number of nitrogens with one attached hydrogen (secondary N) is 12. The first-order valence-corrected chi connectivity index (χ1v) is 40.0. The second-order valence-electron chi connectivity index (χ2n) is 30.7. The Morgan fingerprint density at radius 2 is 0.500 bits per heavy atom. The van der Waals surface area contributed by atoms with Gasteiger partial charge >= 0.3 is 36.6 Å². The second kappa shape index (κ2) is 43.7. The lowest BCUT2D eigenvalue weighted by Gasteiger charge is -2.09. The van der Waals surface area contributed by atoms with Crippen molar-refractivity contribution in [2.24, 2.45) is 0 Å². The molecule has 12 heterocycles. The standard InChI is InChI=1S/6C16H21N3O2/c6*1-19(2)6-5-12-9-17-15-4-3-11(8-14(12)15)7-13-10-21-16(20)18-13/h6*3-4,8-9,13,17H,5-7,10H2,1-2H3,(H,18,20)/t6*13-/m000000/s1/i1D3,2D3,6D2,13D;1D3,2D3,5D2,13D;1D3,6D2,13D;1D3,5D2,13D;6D2,13D;5D2,13D. The van der Waals surface area contributed by atoms with Gasteiger partial charge in [0.25, 0.3) is 0 Å². The molecule has 0 aliphatic carbocycles. The van der Waals surface area contributed by atoms with Gasteiger partial charge in [-0.25, -0.2) is 28.8 Å². The molecule has 0 bridgehead atoms. The Morgan fingerprint density at radius 1 is 0.286 bits per heavy atom. The fourth-order valence-electron chi connectivity index (χ4n) is 14.2. The van der Waals surface area contributed by atoms with Crippen LogP contribution < -0.4 is 31.9 Å². The van der Waals surface area contributed by atoms with Gasteiger partial charge in [-0.3, -0.25) is 0 Å². The molecule has 6 aliphatic rings. The zero-order valence-electron chi connectivity index (χ0n) is 106. The lowest BCUT2D eigenvalue weighted by Crippen LogP contribution is -2.28. The number of rotatable bonds is 30. The number of ether oxygens (including phenoxy) is 6.